The van der Waals surface area contributed by atoms with E-state index in [-0.39, 0.29) is 11.9 Å². The molecule has 0 bridgehead atoms. The molecule has 1 spiro atoms. The monoisotopic (exact) mass is 253 g/mol. The van der Waals surface area contributed by atoms with Crippen molar-refractivity contribution in [1.82, 2.24) is 5.32 Å². The van der Waals surface area contributed by atoms with Gasteiger partial charge in [-0.25, -0.2) is 0 Å². The van der Waals surface area contributed by atoms with Gasteiger partial charge in [0.25, 0.3) is 0 Å². The third-order valence-corrected chi connectivity index (χ3v) is 4.39. The third-order valence-electron chi connectivity index (χ3n) is 4.39. The maximum absolute atomic E-state index is 11.7. The number of esters is 1. The Labute approximate surface area is 108 Å². The van der Waals surface area contributed by atoms with Gasteiger partial charge in [-0.1, -0.05) is 19.3 Å². The number of carbonyl (C=O) groups excluding carboxylic acids is 2. The molecule has 4 nitrogen and oxygen atoms in total. The fourth-order valence-electron chi connectivity index (χ4n) is 3.12. The van der Waals surface area contributed by atoms with E-state index in [4.69, 9.17) is 0 Å². The molecule has 0 saturated heterocycles. The Morgan fingerprint density at radius 3 is 2.61 bits per heavy atom. The van der Waals surface area contributed by atoms with Crippen molar-refractivity contribution in [2.75, 3.05) is 7.11 Å². The van der Waals surface area contributed by atoms with Crippen molar-refractivity contribution in [1.29, 1.82) is 0 Å². The van der Waals surface area contributed by atoms with Crippen LogP contribution >= 0.6 is 0 Å². The summed E-state index contributed by atoms with van der Waals surface area (Å²) in [6, 6.07) is 0.406. The molecule has 1 N–H and O–H groups in total. The van der Waals surface area contributed by atoms with Gasteiger partial charge in [0.2, 0.25) is 5.91 Å². The lowest BCUT2D eigenvalue weighted by molar-refractivity contribution is -0.140. The molecule has 18 heavy (non-hydrogen) atoms. The molecule has 0 aliphatic heterocycles. The number of ether oxygens (including phenoxy) is 1. The molecule has 2 fully saturated rings. The largest absolute Gasteiger partial charge is 0.469 e. The maximum atomic E-state index is 11.7. The van der Waals surface area contributed by atoms with Crippen LogP contribution in [0.25, 0.3) is 0 Å². The second-order valence-corrected chi connectivity index (χ2v) is 5.68. The van der Waals surface area contributed by atoms with E-state index in [1.165, 1.54) is 39.2 Å². The zero-order chi connectivity index (χ0) is 13.0. The molecule has 0 aromatic carbocycles. The molecule has 0 radical (unpaired) electrons. The quantitative estimate of drug-likeness (QED) is 0.764. The van der Waals surface area contributed by atoms with Crippen molar-refractivity contribution in [2.45, 2.75) is 63.8 Å². The SMILES string of the molecule is COC(=O)CCCC(=O)NC1CC12CCCCC2. The van der Waals surface area contributed by atoms with Gasteiger partial charge in [0.05, 0.1) is 7.11 Å². The van der Waals surface area contributed by atoms with Crippen molar-refractivity contribution in [3.8, 4) is 0 Å². The molecular formula is C14H23NO3. The fraction of sp³-hybridized carbons (Fsp3) is 0.857. The van der Waals surface area contributed by atoms with Crippen LogP contribution in [-0.4, -0.2) is 25.0 Å². The molecule has 1 amide bonds. The molecule has 4 heteroatoms. The second kappa shape index (κ2) is 5.72. The van der Waals surface area contributed by atoms with Gasteiger partial charge in [-0.05, 0) is 31.1 Å². The van der Waals surface area contributed by atoms with Crippen molar-refractivity contribution in [2.24, 2.45) is 5.41 Å². The first-order chi connectivity index (χ1) is 8.66. The summed E-state index contributed by atoms with van der Waals surface area (Å²) in [4.78, 5) is 22.6. The number of carbonyl (C=O) groups is 2. The van der Waals surface area contributed by atoms with Crippen LogP contribution in [-0.2, 0) is 14.3 Å². The Balaban J connectivity index is 1.62. The average molecular weight is 253 g/mol. The molecule has 2 aliphatic rings. The van der Waals surface area contributed by atoms with Gasteiger partial charge in [-0.3, -0.25) is 9.59 Å². The number of amides is 1. The lowest BCUT2D eigenvalue weighted by atomic mass is 9.86. The summed E-state index contributed by atoms with van der Waals surface area (Å²) in [6.45, 7) is 0. The average Bonchev–Trinajstić information content (AvgIpc) is 3.01. The maximum Gasteiger partial charge on any atom is 0.305 e. The molecule has 1 atom stereocenters. The summed E-state index contributed by atoms with van der Waals surface area (Å²) in [7, 11) is 1.37. The van der Waals surface area contributed by atoms with Gasteiger partial charge in [-0.2, -0.15) is 0 Å². The van der Waals surface area contributed by atoms with E-state index < -0.39 is 0 Å². The van der Waals surface area contributed by atoms with Gasteiger partial charge in [0.1, 0.15) is 0 Å². The predicted molar refractivity (Wildman–Crippen MR) is 67.9 cm³/mol. The third kappa shape index (κ3) is 3.24. The minimum absolute atomic E-state index is 0.0892. The van der Waals surface area contributed by atoms with Gasteiger partial charge in [0, 0.05) is 18.9 Å². The summed E-state index contributed by atoms with van der Waals surface area (Å²) in [5.74, 6) is -0.149. The number of nitrogens with one attached hydrogen (secondary N) is 1. The molecule has 102 valence electrons. The number of rotatable bonds is 5. The summed E-state index contributed by atoms with van der Waals surface area (Å²) in [6.07, 6.45) is 9.04. The Hall–Kier alpha value is -1.06. The van der Waals surface area contributed by atoms with Crippen LogP contribution in [0.15, 0.2) is 0 Å². The topological polar surface area (TPSA) is 55.4 Å². The second-order valence-electron chi connectivity index (χ2n) is 5.68. The lowest BCUT2D eigenvalue weighted by Crippen LogP contribution is -2.30. The van der Waals surface area contributed by atoms with Crippen molar-refractivity contribution in [3.63, 3.8) is 0 Å². The van der Waals surface area contributed by atoms with Crippen molar-refractivity contribution < 1.29 is 14.3 Å². The molecule has 0 heterocycles. The standard InChI is InChI=1S/C14H23NO3/c1-18-13(17)7-5-6-12(16)15-11-10-14(11)8-3-2-4-9-14/h11H,2-10H2,1H3,(H,15,16). The molecule has 2 rings (SSSR count). The molecular weight excluding hydrogens is 230 g/mol. The minimum atomic E-state index is -0.238. The summed E-state index contributed by atoms with van der Waals surface area (Å²) in [5.41, 5.74) is 0.441. The summed E-state index contributed by atoms with van der Waals surface area (Å²) >= 11 is 0. The zero-order valence-corrected chi connectivity index (χ0v) is 11.2. The van der Waals surface area contributed by atoms with E-state index in [1.807, 2.05) is 0 Å². The van der Waals surface area contributed by atoms with E-state index in [1.54, 1.807) is 0 Å². The zero-order valence-electron chi connectivity index (χ0n) is 11.2. The van der Waals surface area contributed by atoms with Gasteiger partial charge in [0.15, 0.2) is 0 Å². The Bertz CT molecular complexity index is 321. The van der Waals surface area contributed by atoms with E-state index in [2.05, 4.69) is 10.1 Å². The molecule has 2 aliphatic carbocycles. The number of methoxy groups -OCH3 is 1. The lowest BCUT2D eigenvalue weighted by Gasteiger charge is -2.22. The Morgan fingerprint density at radius 1 is 1.22 bits per heavy atom. The van der Waals surface area contributed by atoms with Gasteiger partial charge in [-0.15, -0.1) is 0 Å². The molecule has 0 aromatic rings. The minimum Gasteiger partial charge on any atom is -0.469 e. The van der Waals surface area contributed by atoms with Crippen LogP contribution in [0.4, 0.5) is 0 Å². The highest BCUT2D eigenvalue weighted by Gasteiger charge is 2.54. The van der Waals surface area contributed by atoms with E-state index in [0.717, 1.165) is 6.42 Å². The van der Waals surface area contributed by atoms with Crippen LogP contribution in [0, 0.1) is 5.41 Å². The Morgan fingerprint density at radius 2 is 1.94 bits per heavy atom. The highest BCUT2D eigenvalue weighted by Crippen LogP contribution is 2.56. The van der Waals surface area contributed by atoms with E-state index >= 15 is 0 Å². The fourth-order valence-corrected chi connectivity index (χ4v) is 3.12. The number of hydrogen-bond acceptors (Lipinski definition) is 3. The first-order valence-electron chi connectivity index (χ1n) is 7.02. The van der Waals surface area contributed by atoms with Crippen LogP contribution in [0.3, 0.4) is 0 Å². The first-order valence-corrected chi connectivity index (χ1v) is 7.02. The van der Waals surface area contributed by atoms with E-state index in [0.29, 0.717) is 30.7 Å². The summed E-state index contributed by atoms with van der Waals surface area (Å²) in [5, 5.41) is 3.12. The van der Waals surface area contributed by atoms with Gasteiger partial charge >= 0.3 is 5.97 Å². The highest BCUT2D eigenvalue weighted by atomic mass is 16.5. The van der Waals surface area contributed by atoms with Crippen LogP contribution in [0.5, 0.6) is 0 Å². The molecule has 2 saturated carbocycles. The Kier molecular flexibility index (Phi) is 4.25. The smallest absolute Gasteiger partial charge is 0.305 e. The van der Waals surface area contributed by atoms with Gasteiger partial charge < -0.3 is 10.1 Å². The highest BCUT2D eigenvalue weighted by molar-refractivity contribution is 5.77. The predicted octanol–water partition coefficient (Wildman–Crippen LogP) is 2.17. The first kappa shape index (κ1) is 13.4. The van der Waals surface area contributed by atoms with Crippen LogP contribution in [0.2, 0.25) is 0 Å². The van der Waals surface area contributed by atoms with Crippen molar-refractivity contribution in [3.05, 3.63) is 0 Å². The normalized spacial score (nSPS) is 24.6. The van der Waals surface area contributed by atoms with Crippen LogP contribution in [0.1, 0.15) is 57.8 Å². The van der Waals surface area contributed by atoms with E-state index in [9.17, 15) is 9.59 Å². The molecule has 1 unspecified atom stereocenters. The summed E-state index contributed by atoms with van der Waals surface area (Å²) < 4.78 is 4.54. The van der Waals surface area contributed by atoms with Crippen LogP contribution < -0.4 is 5.32 Å². The van der Waals surface area contributed by atoms with Crippen molar-refractivity contribution >= 4 is 11.9 Å². The number of hydrogen-bond donors (Lipinski definition) is 1. The molecule has 0 aromatic heterocycles.